The molecule has 0 unspecified atom stereocenters. The molecular formula is C25H33N3O3. The smallest absolute Gasteiger partial charge is 0.307 e. The molecule has 2 aromatic rings. The molecule has 1 aliphatic carbocycles. The highest BCUT2D eigenvalue weighted by Gasteiger charge is 2.38. The maximum Gasteiger partial charge on any atom is 0.307 e. The van der Waals surface area contributed by atoms with E-state index in [9.17, 15) is 9.90 Å². The van der Waals surface area contributed by atoms with Gasteiger partial charge in [0, 0.05) is 59.3 Å². The Morgan fingerprint density at radius 3 is 2.39 bits per heavy atom. The molecule has 0 bridgehead atoms. The largest absolute Gasteiger partial charge is 0.481 e. The van der Waals surface area contributed by atoms with Crippen LogP contribution in [0.25, 0.3) is 11.1 Å². The van der Waals surface area contributed by atoms with Gasteiger partial charge < -0.3 is 14.7 Å². The van der Waals surface area contributed by atoms with Gasteiger partial charge >= 0.3 is 5.97 Å². The Hall–Kier alpha value is -2.63. The van der Waals surface area contributed by atoms with E-state index in [-0.39, 0.29) is 6.42 Å². The number of rotatable bonds is 7. The Kier molecular flexibility index (Phi) is 5.67. The topological polar surface area (TPSA) is 75.6 Å². The van der Waals surface area contributed by atoms with Crippen molar-refractivity contribution >= 4 is 11.7 Å². The Labute approximate surface area is 184 Å². The van der Waals surface area contributed by atoms with Crippen molar-refractivity contribution in [3.8, 4) is 17.0 Å². The van der Waals surface area contributed by atoms with Crippen LogP contribution in [0, 0.1) is 17.8 Å². The molecule has 2 aromatic heterocycles. The number of pyridine rings is 2. The molecule has 6 heteroatoms. The highest BCUT2D eigenvalue weighted by molar-refractivity contribution is 5.84. The van der Waals surface area contributed by atoms with E-state index in [0.717, 1.165) is 54.0 Å². The number of aryl methyl sites for hydroxylation is 1. The average Bonchev–Trinajstić information content (AvgIpc) is 3.46. The number of hydrogen-bond donors (Lipinski definition) is 1. The molecule has 0 amide bonds. The quantitative estimate of drug-likeness (QED) is 0.684. The standard InChI is InChI=1S/C25H33N3O3/c1-17-19(13-22(29)30)23(28-11-9-24(2,3)10-12-28)20(15-26-17)18-5-6-21(27-14-18)31-16-25(4)7-8-25/h5-6,14-15H,7-13,16H2,1-4H3,(H,29,30). The first kappa shape index (κ1) is 21.6. The van der Waals surface area contributed by atoms with Crippen LogP contribution in [0.1, 0.15) is 57.7 Å². The second kappa shape index (κ2) is 8.13. The summed E-state index contributed by atoms with van der Waals surface area (Å²) < 4.78 is 5.87. The number of nitrogens with zero attached hydrogens (tertiary/aromatic N) is 3. The van der Waals surface area contributed by atoms with Crippen LogP contribution in [0.3, 0.4) is 0 Å². The van der Waals surface area contributed by atoms with Crippen LogP contribution >= 0.6 is 0 Å². The van der Waals surface area contributed by atoms with Gasteiger partial charge in [0.25, 0.3) is 0 Å². The van der Waals surface area contributed by atoms with Gasteiger partial charge in [-0.05, 0) is 44.1 Å². The molecule has 1 N–H and O–H groups in total. The first-order chi connectivity index (χ1) is 14.7. The predicted octanol–water partition coefficient (Wildman–Crippen LogP) is 4.88. The zero-order chi connectivity index (χ0) is 22.2. The van der Waals surface area contributed by atoms with E-state index >= 15 is 0 Å². The van der Waals surface area contributed by atoms with Crippen molar-refractivity contribution in [2.75, 3.05) is 24.6 Å². The summed E-state index contributed by atoms with van der Waals surface area (Å²) >= 11 is 0. The van der Waals surface area contributed by atoms with Crippen LogP contribution < -0.4 is 9.64 Å². The lowest BCUT2D eigenvalue weighted by Gasteiger charge is -2.40. The summed E-state index contributed by atoms with van der Waals surface area (Å²) in [6.07, 6.45) is 8.21. The Balaban J connectivity index is 1.67. The molecular weight excluding hydrogens is 390 g/mol. The molecule has 2 fully saturated rings. The third-order valence-corrected chi connectivity index (χ3v) is 6.85. The van der Waals surface area contributed by atoms with E-state index < -0.39 is 5.97 Å². The molecule has 1 saturated heterocycles. The van der Waals surface area contributed by atoms with Gasteiger partial charge in [0.2, 0.25) is 5.88 Å². The predicted molar refractivity (Wildman–Crippen MR) is 122 cm³/mol. The first-order valence-corrected chi connectivity index (χ1v) is 11.2. The summed E-state index contributed by atoms with van der Waals surface area (Å²) in [5.74, 6) is -0.208. The number of piperidine rings is 1. The molecule has 0 spiro atoms. The number of carboxylic acids is 1. The SMILES string of the molecule is Cc1ncc(-c2ccc(OCC3(C)CC3)nc2)c(N2CCC(C)(C)CC2)c1CC(=O)O. The van der Waals surface area contributed by atoms with Gasteiger partial charge in [-0.1, -0.05) is 20.8 Å². The molecule has 0 atom stereocenters. The number of carboxylic acid groups (broad SMARTS) is 1. The lowest BCUT2D eigenvalue weighted by Crippen LogP contribution is -2.38. The minimum Gasteiger partial charge on any atom is -0.481 e. The molecule has 6 nitrogen and oxygen atoms in total. The second-order valence-corrected chi connectivity index (χ2v) is 10.3. The lowest BCUT2D eigenvalue weighted by atomic mass is 9.82. The molecule has 0 radical (unpaired) electrons. The van der Waals surface area contributed by atoms with E-state index in [1.165, 1.54) is 12.8 Å². The van der Waals surface area contributed by atoms with Crippen LogP contribution in [-0.2, 0) is 11.2 Å². The Bertz CT molecular complexity index is 955. The van der Waals surface area contributed by atoms with Crippen LogP contribution in [0.2, 0.25) is 0 Å². The minimum atomic E-state index is -0.837. The number of aliphatic carboxylic acids is 1. The summed E-state index contributed by atoms with van der Waals surface area (Å²) in [4.78, 5) is 23.0. The maximum absolute atomic E-state index is 11.6. The highest BCUT2D eigenvalue weighted by Crippen LogP contribution is 2.45. The summed E-state index contributed by atoms with van der Waals surface area (Å²) in [6, 6.07) is 3.91. The van der Waals surface area contributed by atoms with Gasteiger partial charge in [-0.2, -0.15) is 0 Å². The lowest BCUT2D eigenvalue weighted by molar-refractivity contribution is -0.136. The second-order valence-electron chi connectivity index (χ2n) is 10.3. The molecule has 4 rings (SSSR count). The van der Waals surface area contributed by atoms with E-state index in [2.05, 4.69) is 35.6 Å². The third-order valence-electron chi connectivity index (χ3n) is 6.85. The molecule has 31 heavy (non-hydrogen) atoms. The van der Waals surface area contributed by atoms with Crippen molar-refractivity contribution in [2.24, 2.45) is 10.8 Å². The van der Waals surface area contributed by atoms with Crippen LogP contribution in [0.15, 0.2) is 24.5 Å². The fourth-order valence-corrected chi connectivity index (χ4v) is 4.14. The number of ether oxygens (including phenoxy) is 1. The molecule has 0 aromatic carbocycles. The summed E-state index contributed by atoms with van der Waals surface area (Å²) in [6.45, 7) is 11.2. The van der Waals surface area contributed by atoms with Crippen molar-refractivity contribution in [2.45, 2.75) is 59.8 Å². The average molecular weight is 424 g/mol. The number of hydrogen-bond acceptors (Lipinski definition) is 5. The maximum atomic E-state index is 11.6. The van der Waals surface area contributed by atoms with Gasteiger partial charge in [0.05, 0.1) is 18.7 Å². The fourth-order valence-electron chi connectivity index (χ4n) is 4.14. The fraction of sp³-hybridized carbons (Fsp3) is 0.560. The summed E-state index contributed by atoms with van der Waals surface area (Å²) in [5.41, 5.74) is 5.06. The molecule has 1 saturated carbocycles. The Morgan fingerprint density at radius 2 is 1.81 bits per heavy atom. The van der Waals surface area contributed by atoms with Crippen LogP contribution in [0.4, 0.5) is 5.69 Å². The number of anilines is 1. The number of aromatic nitrogens is 2. The normalized spacial score (nSPS) is 19.2. The molecule has 2 aliphatic rings. The van der Waals surface area contributed by atoms with Gasteiger partial charge in [-0.3, -0.25) is 9.78 Å². The minimum absolute atomic E-state index is 0.0326. The van der Waals surface area contributed by atoms with Gasteiger partial charge in [-0.25, -0.2) is 4.98 Å². The first-order valence-electron chi connectivity index (χ1n) is 11.2. The van der Waals surface area contributed by atoms with Crippen molar-refractivity contribution in [1.29, 1.82) is 0 Å². The van der Waals surface area contributed by atoms with Crippen LogP contribution in [0.5, 0.6) is 5.88 Å². The van der Waals surface area contributed by atoms with E-state index in [1.54, 1.807) is 0 Å². The zero-order valence-electron chi connectivity index (χ0n) is 19.1. The monoisotopic (exact) mass is 423 g/mol. The summed E-state index contributed by atoms with van der Waals surface area (Å²) in [5, 5.41) is 9.55. The van der Waals surface area contributed by atoms with Crippen molar-refractivity contribution in [3.63, 3.8) is 0 Å². The van der Waals surface area contributed by atoms with Gasteiger partial charge in [0.1, 0.15) is 0 Å². The van der Waals surface area contributed by atoms with E-state index in [1.807, 2.05) is 31.5 Å². The summed E-state index contributed by atoms with van der Waals surface area (Å²) in [7, 11) is 0. The number of carbonyl (C=O) groups is 1. The van der Waals surface area contributed by atoms with E-state index in [0.29, 0.717) is 23.3 Å². The highest BCUT2D eigenvalue weighted by atomic mass is 16.5. The van der Waals surface area contributed by atoms with Crippen LogP contribution in [-0.4, -0.2) is 40.7 Å². The van der Waals surface area contributed by atoms with E-state index in [4.69, 9.17) is 4.74 Å². The van der Waals surface area contributed by atoms with Crippen molar-refractivity contribution in [1.82, 2.24) is 9.97 Å². The van der Waals surface area contributed by atoms with Crippen molar-refractivity contribution in [3.05, 3.63) is 35.8 Å². The molecule has 1 aliphatic heterocycles. The van der Waals surface area contributed by atoms with Gasteiger partial charge in [0.15, 0.2) is 0 Å². The van der Waals surface area contributed by atoms with Crippen molar-refractivity contribution < 1.29 is 14.6 Å². The third kappa shape index (κ3) is 5.00. The zero-order valence-corrected chi connectivity index (χ0v) is 19.1. The molecule has 3 heterocycles. The van der Waals surface area contributed by atoms with Gasteiger partial charge in [-0.15, -0.1) is 0 Å². The Morgan fingerprint density at radius 1 is 1.10 bits per heavy atom. The molecule has 166 valence electrons.